The maximum absolute atomic E-state index is 13.0. The monoisotopic (exact) mass is 409 g/mol. The van der Waals surface area contributed by atoms with Gasteiger partial charge in [-0.05, 0) is 61.0 Å². The molecule has 4 fully saturated rings. The van der Waals surface area contributed by atoms with Crippen molar-refractivity contribution in [2.45, 2.75) is 45.6 Å². The molecule has 3 N–H and O–H groups in total. The van der Waals surface area contributed by atoms with Crippen LogP contribution in [-0.4, -0.2) is 51.8 Å². The van der Waals surface area contributed by atoms with E-state index >= 15 is 0 Å². The lowest BCUT2D eigenvalue weighted by atomic mass is 9.45. The van der Waals surface area contributed by atoms with Crippen LogP contribution in [0.5, 0.6) is 0 Å². The van der Waals surface area contributed by atoms with Gasteiger partial charge in [0.05, 0.1) is 0 Å². The summed E-state index contributed by atoms with van der Waals surface area (Å²) in [5.74, 6) is 1.88. The SMILES string of the molecule is CC1(C)C2CCC(CNC(=O)c3cccc4nc(C(=O)N5CC[C@@H](N)C5)cn34)C1C2. The number of hydrogen-bond acceptors (Lipinski definition) is 4. The van der Waals surface area contributed by atoms with Crippen molar-refractivity contribution in [1.29, 1.82) is 0 Å². The van der Waals surface area contributed by atoms with Gasteiger partial charge in [0.2, 0.25) is 0 Å². The highest BCUT2D eigenvalue weighted by Crippen LogP contribution is 2.61. The second-order valence-corrected chi connectivity index (χ2v) is 9.97. The molecule has 0 radical (unpaired) electrons. The Morgan fingerprint density at radius 1 is 1.27 bits per heavy atom. The van der Waals surface area contributed by atoms with E-state index in [-0.39, 0.29) is 17.9 Å². The van der Waals surface area contributed by atoms with Crippen molar-refractivity contribution >= 4 is 17.5 Å². The first-order valence-electron chi connectivity index (χ1n) is 11.2. The zero-order chi connectivity index (χ0) is 21.0. The summed E-state index contributed by atoms with van der Waals surface area (Å²) in [6.07, 6.45) is 6.26. The molecule has 3 saturated carbocycles. The molecule has 3 unspecified atom stereocenters. The maximum atomic E-state index is 13.0. The largest absolute Gasteiger partial charge is 0.350 e. The van der Waals surface area contributed by atoms with Crippen molar-refractivity contribution in [3.8, 4) is 0 Å². The summed E-state index contributed by atoms with van der Waals surface area (Å²) in [6, 6.07) is 5.45. The van der Waals surface area contributed by atoms with Crippen molar-refractivity contribution in [1.82, 2.24) is 19.6 Å². The highest BCUT2D eigenvalue weighted by Gasteiger charge is 2.53. The quantitative estimate of drug-likeness (QED) is 0.810. The van der Waals surface area contributed by atoms with Gasteiger partial charge in [0, 0.05) is 31.9 Å². The molecular formula is C23H31N5O2. The Morgan fingerprint density at radius 2 is 2.10 bits per heavy atom. The van der Waals surface area contributed by atoms with Gasteiger partial charge in [-0.1, -0.05) is 19.9 Å². The lowest BCUT2D eigenvalue weighted by Crippen LogP contribution is -2.54. The van der Waals surface area contributed by atoms with Crippen LogP contribution in [0.2, 0.25) is 0 Å². The smallest absolute Gasteiger partial charge is 0.274 e. The fraction of sp³-hybridized carbons (Fsp3) is 0.609. The third-order valence-corrected chi connectivity index (χ3v) is 7.98. The number of nitrogens with one attached hydrogen (secondary N) is 1. The van der Waals surface area contributed by atoms with Gasteiger partial charge in [-0.15, -0.1) is 0 Å². The lowest BCUT2D eigenvalue weighted by Gasteiger charge is -2.60. The topological polar surface area (TPSA) is 92.7 Å². The van der Waals surface area contributed by atoms with Gasteiger partial charge in [0.15, 0.2) is 0 Å². The summed E-state index contributed by atoms with van der Waals surface area (Å²) < 4.78 is 1.72. The number of likely N-dealkylation sites (tertiary alicyclic amines) is 1. The summed E-state index contributed by atoms with van der Waals surface area (Å²) in [7, 11) is 0. The Hall–Kier alpha value is -2.41. The second-order valence-electron chi connectivity index (χ2n) is 9.97. The van der Waals surface area contributed by atoms with E-state index in [4.69, 9.17) is 5.73 Å². The molecule has 7 nitrogen and oxygen atoms in total. The predicted molar refractivity (Wildman–Crippen MR) is 114 cm³/mol. The van der Waals surface area contributed by atoms with E-state index in [0.717, 1.165) is 12.3 Å². The molecule has 6 rings (SSSR count). The van der Waals surface area contributed by atoms with E-state index in [1.807, 2.05) is 12.1 Å². The third-order valence-electron chi connectivity index (χ3n) is 7.98. The number of hydrogen-bond donors (Lipinski definition) is 2. The van der Waals surface area contributed by atoms with Gasteiger partial charge >= 0.3 is 0 Å². The van der Waals surface area contributed by atoms with Gasteiger partial charge in [0.1, 0.15) is 17.0 Å². The van der Waals surface area contributed by atoms with Gasteiger partial charge in [0.25, 0.3) is 11.8 Å². The number of carbonyl (C=O) groups is 2. The zero-order valence-electron chi connectivity index (χ0n) is 17.8. The van der Waals surface area contributed by atoms with Gasteiger partial charge in [-0.25, -0.2) is 4.98 Å². The molecule has 0 spiro atoms. The van der Waals surface area contributed by atoms with E-state index in [2.05, 4.69) is 24.1 Å². The molecule has 4 aliphatic rings. The van der Waals surface area contributed by atoms with E-state index < -0.39 is 0 Å². The van der Waals surface area contributed by atoms with Crippen LogP contribution < -0.4 is 11.1 Å². The minimum absolute atomic E-state index is 0.0306. The molecule has 3 heterocycles. The fourth-order valence-corrected chi connectivity index (χ4v) is 5.95. The molecule has 7 heteroatoms. The number of rotatable bonds is 4. The average molecular weight is 410 g/mol. The van der Waals surface area contributed by atoms with Crippen molar-refractivity contribution in [2.75, 3.05) is 19.6 Å². The van der Waals surface area contributed by atoms with Crippen molar-refractivity contribution in [3.05, 3.63) is 35.8 Å². The number of pyridine rings is 1. The number of aromatic nitrogens is 2. The summed E-state index contributed by atoms with van der Waals surface area (Å²) >= 11 is 0. The van der Waals surface area contributed by atoms with Crippen LogP contribution in [0.1, 0.15) is 60.5 Å². The van der Waals surface area contributed by atoms with E-state index in [0.29, 0.717) is 53.9 Å². The van der Waals surface area contributed by atoms with Crippen molar-refractivity contribution in [3.63, 3.8) is 0 Å². The van der Waals surface area contributed by atoms with Crippen molar-refractivity contribution < 1.29 is 9.59 Å². The summed E-state index contributed by atoms with van der Waals surface area (Å²) in [6.45, 7) is 6.67. The summed E-state index contributed by atoms with van der Waals surface area (Å²) in [4.78, 5) is 32.0. The minimum atomic E-state index is -0.123. The van der Waals surface area contributed by atoms with E-state index in [1.165, 1.54) is 19.3 Å². The number of amides is 2. The molecule has 2 aromatic heterocycles. The average Bonchev–Trinajstić information content (AvgIpc) is 3.37. The molecule has 1 aliphatic heterocycles. The Kier molecular flexibility index (Phi) is 4.61. The first kappa shape index (κ1) is 19.5. The highest BCUT2D eigenvalue weighted by molar-refractivity contribution is 5.95. The normalized spacial score (nSPS) is 29.6. The van der Waals surface area contributed by atoms with Gasteiger partial charge in [-0.2, -0.15) is 0 Å². The zero-order valence-corrected chi connectivity index (χ0v) is 17.8. The molecule has 2 amide bonds. The second kappa shape index (κ2) is 7.08. The highest BCUT2D eigenvalue weighted by atomic mass is 16.2. The summed E-state index contributed by atoms with van der Waals surface area (Å²) in [5.41, 5.74) is 7.82. The number of nitrogens with two attached hydrogens (primary N) is 1. The Labute approximate surface area is 177 Å². The van der Waals surface area contributed by atoms with Crippen LogP contribution in [0.15, 0.2) is 24.4 Å². The standard InChI is InChI=1S/C23H31N5O2/c1-23(2)15-7-6-14(17(23)10-15)11-25-21(29)19-4-3-5-20-26-18(13-28(19)20)22(30)27-9-8-16(24)12-27/h3-5,13-17H,6-12,24H2,1-2H3,(H,25,29)/t14?,15?,16-,17?/m1/s1. The molecule has 4 atom stereocenters. The maximum Gasteiger partial charge on any atom is 0.274 e. The van der Waals surface area contributed by atoms with Gasteiger partial charge < -0.3 is 16.0 Å². The minimum Gasteiger partial charge on any atom is -0.350 e. The van der Waals surface area contributed by atoms with Crippen LogP contribution in [0.25, 0.3) is 5.65 Å². The molecule has 30 heavy (non-hydrogen) atoms. The molecule has 1 saturated heterocycles. The van der Waals surface area contributed by atoms with Crippen LogP contribution in [0.3, 0.4) is 0 Å². The molecule has 160 valence electrons. The Balaban J connectivity index is 1.31. The number of carbonyl (C=O) groups excluding carboxylic acids is 2. The van der Waals surface area contributed by atoms with Gasteiger partial charge in [-0.3, -0.25) is 14.0 Å². The predicted octanol–water partition coefficient (Wildman–Crippen LogP) is 2.31. The molecule has 2 bridgehead atoms. The molecule has 0 aromatic carbocycles. The molecular weight excluding hydrogens is 378 g/mol. The van der Waals surface area contributed by atoms with Crippen LogP contribution in [0.4, 0.5) is 0 Å². The number of imidazole rings is 1. The number of nitrogens with zero attached hydrogens (tertiary/aromatic N) is 3. The Morgan fingerprint density at radius 3 is 2.80 bits per heavy atom. The van der Waals surface area contributed by atoms with E-state index in [1.54, 1.807) is 21.6 Å². The molecule has 2 aromatic rings. The van der Waals surface area contributed by atoms with Crippen LogP contribution in [-0.2, 0) is 0 Å². The van der Waals surface area contributed by atoms with Crippen molar-refractivity contribution in [2.24, 2.45) is 28.9 Å². The molecule has 3 aliphatic carbocycles. The summed E-state index contributed by atoms with van der Waals surface area (Å²) in [5, 5.41) is 3.15. The Bertz CT molecular complexity index is 995. The van der Waals surface area contributed by atoms with Crippen LogP contribution in [0, 0.1) is 23.2 Å². The van der Waals surface area contributed by atoms with Crippen LogP contribution >= 0.6 is 0 Å². The number of fused-ring (bicyclic) bond motifs is 3. The first-order valence-corrected chi connectivity index (χ1v) is 11.2. The third kappa shape index (κ3) is 3.11. The van der Waals surface area contributed by atoms with E-state index in [9.17, 15) is 9.59 Å². The fourth-order valence-electron chi connectivity index (χ4n) is 5.95. The first-order chi connectivity index (χ1) is 14.3. The lowest BCUT2D eigenvalue weighted by molar-refractivity contribution is -0.103.